The molecule has 0 aliphatic carbocycles. The van der Waals surface area contributed by atoms with E-state index in [9.17, 15) is 0 Å². The van der Waals surface area contributed by atoms with Crippen molar-refractivity contribution < 1.29 is 0 Å². The number of pyridine rings is 1. The Hall–Kier alpha value is -1.58. The maximum absolute atomic E-state index is 6.30. The van der Waals surface area contributed by atoms with Crippen LogP contribution in [0.3, 0.4) is 0 Å². The fourth-order valence-corrected chi connectivity index (χ4v) is 3.73. The summed E-state index contributed by atoms with van der Waals surface area (Å²) < 4.78 is 0. The van der Waals surface area contributed by atoms with E-state index in [-0.39, 0.29) is 0 Å². The van der Waals surface area contributed by atoms with Gasteiger partial charge in [0.05, 0.1) is 11.9 Å². The van der Waals surface area contributed by atoms with Gasteiger partial charge in [0.15, 0.2) is 0 Å². The van der Waals surface area contributed by atoms with Crippen LogP contribution in [0.4, 0.5) is 5.69 Å². The zero-order valence-electron chi connectivity index (χ0n) is 11.8. The molecule has 2 saturated heterocycles. The number of nitrogens with zero attached hydrogens (tertiary/aromatic N) is 2. The topological polar surface area (TPSA) is 28.2 Å². The number of halogens is 1. The lowest BCUT2D eigenvalue weighted by atomic mass is 9.99. The van der Waals surface area contributed by atoms with Gasteiger partial charge in [0, 0.05) is 48.0 Å². The molecule has 1 aromatic heterocycles. The number of rotatable bonds is 2. The SMILES string of the molecule is Clc1ccccc1-c1cncc(N2CC3CNC(C3)C2)c1. The number of aromatic nitrogens is 1. The van der Waals surface area contributed by atoms with Crippen LogP contribution in [0.5, 0.6) is 0 Å². The number of benzene rings is 1. The minimum Gasteiger partial charge on any atom is -0.368 e. The van der Waals surface area contributed by atoms with Crippen LogP contribution in [0.2, 0.25) is 5.02 Å². The zero-order chi connectivity index (χ0) is 14.2. The van der Waals surface area contributed by atoms with Gasteiger partial charge in [-0.15, -0.1) is 0 Å². The van der Waals surface area contributed by atoms with E-state index in [1.807, 2.05) is 36.7 Å². The zero-order valence-corrected chi connectivity index (χ0v) is 12.6. The van der Waals surface area contributed by atoms with Crippen LogP contribution in [0, 0.1) is 5.92 Å². The quantitative estimate of drug-likeness (QED) is 0.923. The van der Waals surface area contributed by atoms with E-state index in [1.54, 1.807) is 0 Å². The fourth-order valence-electron chi connectivity index (χ4n) is 3.49. The Kier molecular flexibility index (Phi) is 3.32. The smallest absolute Gasteiger partial charge is 0.0559 e. The Bertz CT molecular complexity index is 646. The number of hydrogen-bond donors (Lipinski definition) is 1. The highest BCUT2D eigenvalue weighted by Gasteiger charge is 2.32. The Morgan fingerprint density at radius 1 is 1.19 bits per heavy atom. The average molecular weight is 300 g/mol. The van der Waals surface area contributed by atoms with Crippen LogP contribution < -0.4 is 10.2 Å². The van der Waals surface area contributed by atoms with Crippen LogP contribution in [0.15, 0.2) is 42.7 Å². The molecule has 4 rings (SSSR count). The summed E-state index contributed by atoms with van der Waals surface area (Å²) in [5.41, 5.74) is 3.33. The predicted octanol–water partition coefficient (Wildman–Crippen LogP) is 3.20. The first-order valence-corrected chi connectivity index (χ1v) is 7.85. The Balaban J connectivity index is 1.66. The Labute approximate surface area is 129 Å². The number of fused-ring (bicyclic) bond motifs is 2. The summed E-state index contributed by atoms with van der Waals surface area (Å²) in [7, 11) is 0. The second-order valence-corrected chi connectivity index (χ2v) is 6.43. The largest absolute Gasteiger partial charge is 0.368 e. The number of nitrogens with one attached hydrogen (secondary N) is 1. The molecule has 3 nitrogen and oxygen atoms in total. The molecule has 0 spiro atoms. The summed E-state index contributed by atoms with van der Waals surface area (Å²) in [5.74, 6) is 0.771. The van der Waals surface area contributed by atoms with Crippen molar-refractivity contribution in [2.24, 2.45) is 5.92 Å². The standard InChI is InChI=1S/C17H18ClN3/c18-17-4-2-1-3-16(17)13-6-15(9-19-8-13)21-10-12-5-14(11-21)20-7-12/h1-4,6,8-9,12,14,20H,5,7,10-11H2. The van der Waals surface area contributed by atoms with E-state index in [2.05, 4.69) is 21.3 Å². The Morgan fingerprint density at radius 3 is 2.95 bits per heavy atom. The molecule has 2 atom stereocenters. The highest BCUT2D eigenvalue weighted by atomic mass is 35.5. The average Bonchev–Trinajstić information content (AvgIpc) is 2.86. The summed E-state index contributed by atoms with van der Waals surface area (Å²) in [4.78, 5) is 6.88. The molecule has 2 aliphatic heterocycles. The molecule has 2 aromatic rings. The third-order valence-corrected chi connectivity index (χ3v) is 4.84. The van der Waals surface area contributed by atoms with Crippen molar-refractivity contribution >= 4 is 17.3 Å². The second kappa shape index (κ2) is 5.32. The third-order valence-electron chi connectivity index (χ3n) is 4.51. The Morgan fingerprint density at radius 2 is 2.10 bits per heavy atom. The van der Waals surface area contributed by atoms with Gasteiger partial charge in [0.2, 0.25) is 0 Å². The van der Waals surface area contributed by atoms with Crippen molar-refractivity contribution in [3.05, 3.63) is 47.7 Å². The maximum atomic E-state index is 6.30. The number of hydrogen-bond acceptors (Lipinski definition) is 3. The number of anilines is 1. The predicted molar refractivity (Wildman–Crippen MR) is 86.8 cm³/mol. The lowest BCUT2D eigenvalue weighted by molar-refractivity contribution is 0.474. The highest BCUT2D eigenvalue weighted by molar-refractivity contribution is 6.33. The van der Waals surface area contributed by atoms with Crippen molar-refractivity contribution in [1.29, 1.82) is 0 Å². The summed E-state index contributed by atoms with van der Waals surface area (Å²) in [6, 6.07) is 10.8. The molecule has 2 aliphatic rings. The summed E-state index contributed by atoms with van der Waals surface area (Å²) >= 11 is 6.30. The van der Waals surface area contributed by atoms with E-state index < -0.39 is 0 Å². The van der Waals surface area contributed by atoms with Gasteiger partial charge >= 0.3 is 0 Å². The van der Waals surface area contributed by atoms with Crippen molar-refractivity contribution in [3.8, 4) is 11.1 Å². The van der Waals surface area contributed by atoms with Gasteiger partial charge in [0.25, 0.3) is 0 Å². The minimum absolute atomic E-state index is 0.632. The second-order valence-electron chi connectivity index (χ2n) is 6.02. The van der Waals surface area contributed by atoms with E-state index in [4.69, 9.17) is 11.6 Å². The third kappa shape index (κ3) is 2.52. The molecular weight excluding hydrogens is 282 g/mol. The van der Waals surface area contributed by atoms with Crippen LogP contribution in [0.1, 0.15) is 6.42 Å². The van der Waals surface area contributed by atoms with E-state index in [1.165, 1.54) is 12.1 Å². The fraction of sp³-hybridized carbons (Fsp3) is 0.353. The summed E-state index contributed by atoms with van der Waals surface area (Å²) in [6.45, 7) is 3.35. The molecule has 3 heterocycles. The van der Waals surface area contributed by atoms with Crippen molar-refractivity contribution in [3.63, 3.8) is 0 Å². The summed E-state index contributed by atoms with van der Waals surface area (Å²) in [5, 5.41) is 4.37. The van der Waals surface area contributed by atoms with Gasteiger partial charge < -0.3 is 10.2 Å². The van der Waals surface area contributed by atoms with E-state index >= 15 is 0 Å². The maximum Gasteiger partial charge on any atom is 0.0559 e. The minimum atomic E-state index is 0.632. The molecule has 21 heavy (non-hydrogen) atoms. The molecule has 108 valence electrons. The molecule has 2 bridgehead atoms. The monoisotopic (exact) mass is 299 g/mol. The van der Waals surface area contributed by atoms with Crippen LogP contribution in [-0.2, 0) is 0 Å². The van der Waals surface area contributed by atoms with Crippen LogP contribution in [-0.4, -0.2) is 30.7 Å². The van der Waals surface area contributed by atoms with Crippen LogP contribution >= 0.6 is 11.6 Å². The lowest BCUT2D eigenvalue weighted by Crippen LogP contribution is -2.41. The first kappa shape index (κ1) is 13.1. The van der Waals surface area contributed by atoms with Gasteiger partial charge in [-0.05, 0) is 24.5 Å². The normalized spacial score (nSPS) is 24.3. The molecule has 2 unspecified atom stereocenters. The highest BCUT2D eigenvalue weighted by Crippen LogP contribution is 2.31. The van der Waals surface area contributed by atoms with Gasteiger partial charge in [-0.2, -0.15) is 0 Å². The van der Waals surface area contributed by atoms with Gasteiger partial charge in [-0.3, -0.25) is 4.98 Å². The number of piperidine rings is 1. The molecule has 0 saturated carbocycles. The van der Waals surface area contributed by atoms with E-state index in [0.29, 0.717) is 6.04 Å². The first-order valence-electron chi connectivity index (χ1n) is 7.48. The summed E-state index contributed by atoms with van der Waals surface area (Å²) in [6.07, 6.45) is 5.17. The first-order chi connectivity index (χ1) is 10.3. The van der Waals surface area contributed by atoms with Gasteiger partial charge in [0.1, 0.15) is 0 Å². The van der Waals surface area contributed by atoms with E-state index in [0.717, 1.165) is 41.7 Å². The van der Waals surface area contributed by atoms with Crippen LogP contribution in [0.25, 0.3) is 11.1 Å². The van der Waals surface area contributed by atoms with Crippen molar-refractivity contribution in [1.82, 2.24) is 10.3 Å². The molecule has 0 radical (unpaired) electrons. The lowest BCUT2D eigenvalue weighted by Gasteiger charge is -2.32. The molecule has 2 fully saturated rings. The van der Waals surface area contributed by atoms with Crippen molar-refractivity contribution in [2.75, 3.05) is 24.5 Å². The van der Waals surface area contributed by atoms with Gasteiger partial charge in [-0.25, -0.2) is 0 Å². The molecule has 1 N–H and O–H groups in total. The molecule has 0 amide bonds. The van der Waals surface area contributed by atoms with Gasteiger partial charge in [-0.1, -0.05) is 29.8 Å². The molecule has 4 heteroatoms. The molecule has 1 aromatic carbocycles. The van der Waals surface area contributed by atoms with Crippen molar-refractivity contribution in [2.45, 2.75) is 12.5 Å². The molecular formula is C17H18ClN3.